The largest absolute Gasteiger partial charge is 0.497 e. The lowest BCUT2D eigenvalue weighted by Crippen LogP contribution is -2.39. The van der Waals surface area contributed by atoms with E-state index in [1.807, 2.05) is 24.3 Å². The van der Waals surface area contributed by atoms with Gasteiger partial charge in [0, 0.05) is 32.0 Å². The van der Waals surface area contributed by atoms with Gasteiger partial charge < -0.3 is 9.64 Å². The quantitative estimate of drug-likeness (QED) is 0.741. The molecule has 27 heavy (non-hydrogen) atoms. The molecule has 2 aromatic rings. The van der Waals surface area contributed by atoms with E-state index in [1.165, 1.54) is 0 Å². The molecule has 1 fully saturated rings. The van der Waals surface area contributed by atoms with Crippen molar-refractivity contribution < 1.29 is 13.2 Å². The number of piperidine rings is 1. The maximum absolute atomic E-state index is 12.3. The number of ether oxygens (including phenoxy) is 1. The number of nitrogens with one attached hydrogen (secondary N) is 1. The zero-order valence-corrected chi connectivity index (χ0v) is 16.4. The van der Waals surface area contributed by atoms with Gasteiger partial charge in [0.05, 0.1) is 19.1 Å². The molecule has 2 heterocycles. The van der Waals surface area contributed by atoms with E-state index in [9.17, 15) is 8.42 Å². The van der Waals surface area contributed by atoms with Crippen LogP contribution in [-0.4, -0.2) is 50.9 Å². The van der Waals surface area contributed by atoms with E-state index in [0.29, 0.717) is 18.9 Å². The van der Waals surface area contributed by atoms with Gasteiger partial charge in [0.25, 0.3) is 0 Å². The van der Waals surface area contributed by atoms with E-state index in [2.05, 4.69) is 19.6 Å². The van der Waals surface area contributed by atoms with Crippen LogP contribution in [0.15, 0.2) is 42.9 Å². The van der Waals surface area contributed by atoms with Gasteiger partial charge >= 0.3 is 0 Å². The summed E-state index contributed by atoms with van der Waals surface area (Å²) in [7, 11) is -1.67. The van der Waals surface area contributed by atoms with Crippen molar-refractivity contribution in [3.05, 3.63) is 48.4 Å². The lowest BCUT2D eigenvalue weighted by atomic mass is 9.97. The summed E-state index contributed by atoms with van der Waals surface area (Å²) in [5.74, 6) is 2.11. The number of hydrogen-bond acceptors (Lipinski definition) is 6. The molecule has 0 amide bonds. The molecule has 7 nitrogen and oxygen atoms in total. The Labute approximate surface area is 160 Å². The topological polar surface area (TPSA) is 84.4 Å². The van der Waals surface area contributed by atoms with Crippen LogP contribution < -0.4 is 14.4 Å². The summed E-state index contributed by atoms with van der Waals surface area (Å²) >= 11 is 0. The molecular weight excluding hydrogens is 364 g/mol. The van der Waals surface area contributed by atoms with Crippen LogP contribution in [0.2, 0.25) is 0 Å². The highest BCUT2D eigenvalue weighted by Gasteiger charge is 2.22. The molecule has 1 N–H and O–H groups in total. The van der Waals surface area contributed by atoms with Gasteiger partial charge in [-0.05, 0) is 42.9 Å². The lowest BCUT2D eigenvalue weighted by molar-refractivity contribution is 0.400. The fourth-order valence-electron chi connectivity index (χ4n) is 3.18. The Morgan fingerprint density at radius 3 is 2.56 bits per heavy atom. The number of methoxy groups -OCH3 is 1. The van der Waals surface area contributed by atoms with Crippen LogP contribution >= 0.6 is 0 Å². The smallest absolute Gasteiger partial charge is 0.211 e. The highest BCUT2D eigenvalue weighted by Crippen LogP contribution is 2.20. The van der Waals surface area contributed by atoms with Crippen molar-refractivity contribution in [1.82, 2.24) is 14.7 Å². The molecule has 0 unspecified atom stereocenters. The van der Waals surface area contributed by atoms with E-state index < -0.39 is 10.0 Å². The van der Waals surface area contributed by atoms with E-state index in [1.54, 1.807) is 25.7 Å². The third kappa shape index (κ3) is 5.90. The average Bonchev–Trinajstić information content (AvgIpc) is 2.72. The van der Waals surface area contributed by atoms with Gasteiger partial charge in [0.1, 0.15) is 11.6 Å². The molecule has 146 valence electrons. The average molecular weight is 391 g/mol. The SMILES string of the molecule is COc1ccc(CCS(=O)(=O)NCC2CCN(c3cnccn3)CC2)cc1. The Morgan fingerprint density at radius 1 is 1.19 bits per heavy atom. The number of nitrogens with zero attached hydrogens (tertiary/aromatic N) is 3. The van der Waals surface area contributed by atoms with Gasteiger partial charge in [-0.1, -0.05) is 12.1 Å². The Morgan fingerprint density at radius 2 is 1.93 bits per heavy atom. The maximum atomic E-state index is 12.3. The lowest BCUT2D eigenvalue weighted by Gasteiger charge is -2.32. The van der Waals surface area contributed by atoms with E-state index in [0.717, 1.165) is 43.1 Å². The molecule has 8 heteroatoms. The molecule has 0 saturated carbocycles. The fraction of sp³-hybridized carbons (Fsp3) is 0.474. The van der Waals surface area contributed by atoms with E-state index >= 15 is 0 Å². The predicted octanol–water partition coefficient (Wildman–Crippen LogP) is 1.86. The first-order chi connectivity index (χ1) is 13.1. The highest BCUT2D eigenvalue weighted by molar-refractivity contribution is 7.89. The molecule has 1 aliphatic heterocycles. The van der Waals surface area contributed by atoms with Crippen LogP contribution in [0, 0.1) is 5.92 Å². The standard InChI is InChI=1S/C19H26N4O3S/c1-26-18-4-2-16(3-5-18)8-13-27(24,25)22-14-17-6-11-23(12-7-17)19-15-20-9-10-21-19/h2-5,9-10,15,17,22H,6-8,11-14H2,1H3. The molecule has 0 atom stereocenters. The summed E-state index contributed by atoms with van der Waals surface area (Å²) in [6, 6.07) is 7.49. The van der Waals surface area contributed by atoms with Crippen molar-refractivity contribution in [1.29, 1.82) is 0 Å². The highest BCUT2D eigenvalue weighted by atomic mass is 32.2. The van der Waals surface area contributed by atoms with Crippen LogP contribution in [0.1, 0.15) is 18.4 Å². The van der Waals surface area contributed by atoms with Gasteiger partial charge in [-0.25, -0.2) is 18.1 Å². The molecule has 1 aliphatic rings. The second-order valence-electron chi connectivity index (χ2n) is 6.76. The summed E-state index contributed by atoms with van der Waals surface area (Å²) in [5, 5.41) is 0. The van der Waals surface area contributed by atoms with E-state index in [4.69, 9.17) is 4.74 Å². The number of sulfonamides is 1. The summed E-state index contributed by atoms with van der Waals surface area (Å²) in [6.07, 6.45) is 7.50. The first-order valence-corrected chi connectivity index (χ1v) is 10.8. The van der Waals surface area contributed by atoms with Gasteiger partial charge in [-0.2, -0.15) is 0 Å². The van der Waals surface area contributed by atoms with Crippen LogP contribution in [0.3, 0.4) is 0 Å². The monoisotopic (exact) mass is 390 g/mol. The zero-order valence-electron chi connectivity index (χ0n) is 15.5. The number of hydrogen-bond donors (Lipinski definition) is 1. The molecule has 3 rings (SSSR count). The van der Waals surface area contributed by atoms with Crippen molar-refractivity contribution >= 4 is 15.8 Å². The Bertz CT molecular complexity index is 805. The molecule has 1 aromatic carbocycles. The summed E-state index contributed by atoms with van der Waals surface area (Å²) in [5.41, 5.74) is 0.985. The number of aryl methyl sites for hydroxylation is 1. The van der Waals surface area contributed by atoms with Crippen molar-refractivity contribution in [2.24, 2.45) is 5.92 Å². The minimum absolute atomic E-state index is 0.0950. The first kappa shape index (κ1) is 19.6. The predicted molar refractivity (Wildman–Crippen MR) is 105 cm³/mol. The summed E-state index contributed by atoms with van der Waals surface area (Å²) in [6.45, 7) is 2.24. The van der Waals surface area contributed by atoms with Crippen molar-refractivity contribution in [3.8, 4) is 5.75 Å². The van der Waals surface area contributed by atoms with Crippen LogP contribution in [0.5, 0.6) is 5.75 Å². The number of rotatable bonds is 8. The maximum Gasteiger partial charge on any atom is 0.211 e. The minimum Gasteiger partial charge on any atom is -0.497 e. The van der Waals surface area contributed by atoms with Gasteiger partial charge in [0.15, 0.2) is 0 Å². The molecule has 0 spiro atoms. The number of aromatic nitrogens is 2. The van der Waals surface area contributed by atoms with Crippen molar-refractivity contribution in [2.75, 3.05) is 37.4 Å². The zero-order chi connectivity index (χ0) is 19.1. The second-order valence-corrected chi connectivity index (χ2v) is 8.69. The van der Waals surface area contributed by atoms with Crippen LogP contribution in [0.25, 0.3) is 0 Å². The molecule has 1 saturated heterocycles. The van der Waals surface area contributed by atoms with Crippen molar-refractivity contribution in [3.63, 3.8) is 0 Å². The fourth-order valence-corrected chi connectivity index (χ4v) is 4.32. The Hall–Kier alpha value is -2.19. The van der Waals surface area contributed by atoms with Crippen molar-refractivity contribution in [2.45, 2.75) is 19.3 Å². The minimum atomic E-state index is -3.28. The number of benzene rings is 1. The molecular formula is C19H26N4O3S. The third-order valence-electron chi connectivity index (χ3n) is 4.90. The van der Waals surface area contributed by atoms with Gasteiger partial charge in [0.2, 0.25) is 10.0 Å². The van der Waals surface area contributed by atoms with Crippen LogP contribution in [-0.2, 0) is 16.4 Å². The summed E-state index contributed by atoms with van der Waals surface area (Å²) in [4.78, 5) is 10.6. The van der Waals surface area contributed by atoms with Gasteiger partial charge in [-0.15, -0.1) is 0 Å². The molecule has 1 aromatic heterocycles. The van der Waals surface area contributed by atoms with Crippen LogP contribution in [0.4, 0.5) is 5.82 Å². The number of anilines is 1. The Balaban J connectivity index is 1.41. The first-order valence-electron chi connectivity index (χ1n) is 9.17. The molecule has 0 aliphatic carbocycles. The Kier molecular flexibility index (Phi) is 6.63. The van der Waals surface area contributed by atoms with Gasteiger partial charge in [-0.3, -0.25) is 4.98 Å². The normalized spacial score (nSPS) is 15.7. The third-order valence-corrected chi connectivity index (χ3v) is 6.25. The van der Waals surface area contributed by atoms with E-state index in [-0.39, 0.29) is 5.75 Å². The molecule has 0 radical (unpaired) electrons. The second kappa shape index (κ2) is 9.14. The summed E-state index contributed by atoms with van der Waals surface area (Å²) < 4.78 is 32.5. The molecule has 0 bridgehead atoms.